The number of benzene rings is 1. The number of carbonyl (C=O) groups excluding carboxylic acids is 1. The van der Waals surface area contributed by atoms with E-state index < -0.39 is 5.60 Å². The van der Waals surface area contributed by atoms with E-state index in [2.05, 4.69) is 5.32 Å². The van der Waals surface area contributed by atoms with Crippen LogP contribution in [0.15, 0.2) is 24.3 Å². The van der Waals surface area contributed by atoms with Crippen molar-refractivity contribution in [2.45, 2.75) is 30.8 Å². The first-order valence-corrected chi connectivity index (χ1v) is 6.40. The maximum atomic E-state index is 12.1. The van der Waals surface area contributed by atoms with Gasteiger partial charge >= 0.3 is 0 Å². The van der Waals surface area contributed by atoms with E-state index in [0.717, 1.165) is 30.6 Å². The Labute approximate surface area is 106 Å². The quantitative estimate of drug-likeness (QED) is 0.843. The number of fused-ring (bicyclic) bond motifs is 1. The van der Waals surface area contributed by atoms with Gasteiger partial charge in [-0.3, -0.25) is 4.79 Å². The first kappa shape index (κ1) is 11.5. The highest BCUT2D eigenvalue weighted by molar-refractivity contribution is 5.85. The molecule has 1 aliphatic heterocycles. The van der Waals surface area contributed by atoms with Gasteiger partial charge in [0.15, 0.2) is 0 Å². The van der Waals surface area contributed by atoms with Crippen molar-refractivity contribution in [1.82, 2.24) is 5.32 Å². The molecule has 1 unspecified atom stereocenters. The van der Waals surface area contributed by atoms with Crippen LogP contribution < -0.4 is 10.1 Å². The molecule has 18 heavy (non-hydrogen) atoms. The molecule has 0 aromatic heterocycles. The molecule has 1 atom stereocenters. The van der Waals surface area contributed by atoms with Crippen LogP contribution in [0, 0.1) is 0 Å². The Balaban J connectivity index is 1.64. The van der Waals surface area contributed by atoms with Crippen LogP contribution in [0.3, 0.4) is 0 Å². The molecule has 0 spiro atoms. The van der Waals surface area contributed by atoms with Gasteiger partial charge in [0.2, 0.25) is 5.91 Å². The lowest BCUT2D eigenvalue weighted by molar-refractivity contribution is -0.125. The monoisotopic (exact) mass is 247 g/mol. The van der Waals surface area contributed by atoms with Gasteiger partial charge in [0.1, 0.15) is 18.3 Å². The minimum Gasteiger partial charge on any atom is -0.492 e. The van der Waals surface area contributed by atoms with E-state index in [1.165, 1.54) is 0 Å². The third-order valence-corrected chi connectivity index (χ3v) is 3.89. The summed E-state index contributed by atoms with van der Waals surface area (Å²) in [5.74, 6) is 0.491. The van der Waals surface area contributed by atoms with Gasteiger partial charge in [-0.25, -0.2) is 0 Å². The normalized spacial score (nSPS) is 23.7. The summed E-state index contributed by atoms with van der Waals surface area (Å²) in [7, 11) is 0. The summed E-state index contributed by atoms with van der Waals surface area (Å²) >= 11 is 0. The summed E-state index contributed by atoms with van der Waals surface area (Å²) in [4.78, 5) is 12.1. The van der Waals surface area contributed by atoms with Gasteiger partial charge in [0.05, 0.1) is 5.60 Å². The first-order chi connectivity index (χ1) is 8.68. The average Bonchev–Trinajstić information content (AvgIpc) is 2.77. The molecule has 2 N–H and O–H groups in total. The lowest BCUT2D eigenvalue weighted by atomic mass is 9.80. The Bertz CT molecular complexity index is 468. The van der Waals surface area contributed by atoms with Crippen LogP contribution in [-0.4, -0.2) is 29.8 Å². The zero-order valence-corrected chi connectivity index (χ0v) is 10.2. The van der Waals surface area contributed by atoms with Crippen LogP contribution in [0.4, 0.5) is 0 Å². The molecule has 2 aliphatic rings. The van der Waals surface area contributed by atoms with Crippen molar-refractivity contribution in [3.8, 4) is 5.75 Å². The predicted molar refractivity (Wildman–Crippen MR) is 66.5 cm³/mol. The van der Waals surface area contributed by atoms with Crippen molar-refractivity contribution < 1.29 is 14.6 Å². The summed E-state index contributed by atoms with van der Waals surface area (Å²) in [6.07, 6.45) is 2.61. The molecule has 96 valence electrons. The highest BCUT2D eigenvalue weighted by Gasteiger charge is 2.36. The Hall–Kier alpha value is -1.55. The number of hydrogen-bond donors (Lipinski definition) is 2. The fraction of sp³-hybridized carbons (Fsp3) is 0.500. The Morgan fingerprint density at radius 1 is 1.44 bits per heavy atom. The zero-order valence-electron chi connectivity index (χ0n) is 10.2. The minimum atomic E-state index is -0.672. The summed E-state index contributed by atoms with van der Waals surface area (Å²) in [5.41, 5.74) is 0.268. The van der Waals surface area contributed by atoms with Gasteiger partial charge in [0, 0.05) is 12.1 Å². The fourth-order valence-electron chi connectivity index (χ4n) is 2.52. The molecule has 1 aromatic carbocycles. The van der Waals surface area contributed by atoms with Gasteiger partial charge in [-0.05, 0) is 25.3 Å². The summed E-state index contributed by atoms with van der Waals surface area (Å²) < 4.78 is 5.48. The van der Waals surface area contributed by atoms with Crippen LogP contribution in [-0.2, 0) is 4.79 Å². The van der Waals surface area contributed by atoms with Crippen molar-refractivity contribution in [3.63, 3.8) is 0 Å². The van der Waals surface area contributed by atoms with Gasteiger partial charge in [-0.15, -0.1) is 0 Å². The smallest absolute Gasteiger partial charge is 0.231 e. The molecule has 3 rings (SSSR count). The SMILES string of the molecule is O=C(NCC1(O)CCC1)C1COc2ccccc21. The maximum Gasteiger partial charge on any atom is 0.231 e. The summed E-state index contributed by atoms with van der Waals surface area (Å²) in [5, 5.41) is 12.8. The summed E-state index contributed by atoms with van der Waals surface area (Å²) in [6, 6.07) is 7.61. The average molecular weight is 247 g/mol. The zero-order chi connectivity index (χ0) is 12.6. The number of amides is 1. The number of carbonyl (C=O) groups is 1. The van der Waals surface area contributed by atoms with E-state index in [-0.39, 0.29) is 11.8 Å². The van der Waals surface area contributed by atoms with E-state index >= 15 is 0 Å². The van der Waals surface area contributed by atoms with E-state index in [1.54, 1.807) is 0 Å². The number of rotatable bonds is 3. The molecule has 1 aromatic rings. The van der Waals surface area contributed by atoms with E-state index in [1.807, 2.05) is 24.3 Å². The maximum absolute atomic E-state index is 12.1. The second-order valence-corrected chi connectivity index (χ2v) is 5.20. The lowest BCUT2D eigenvalue weighted by Crippen LogP contribution is -2.48. The van der Waals surface area contributed by atoms with E-state index in [9.17, 15) is 9.90 Å². The molecular weight excluding hydrogens is 230 g/mol. The molecule has 1 fully saturated rings. The van der Waals surface area contributed by atoms with Crippen LogP contribution in [0.5, 0.6) is 5.75 Å². The third kappa shape index (κ3) is 1.97. The Morgan fingerprint density at radius 2 is 2.22 bits per heavy atom. The van der Waals surface area contributed by atoms with E-state index in [0.29, 0.717) is 13.2 Å². The fourth-order valence-corrected chi connectivity index (χ4v) is 2.52. The molecule has 4 nitrogen and oxygen atoms in total. The standard InChI is InChI=1S/C14H17NO3/c16-13(15-9-14(17)6-3-7-14)11-8-18-12-5-2-1-4-10(11)12/h1-2,4-5,11,17H,3,6-9H2,(H,15,16). The van der Waals surface area contributed by atoms with Crippen molar-refractivity contribution in [2.24, 2.45) is 0 Å². The molecule has 4 heteroatoms. The Morgan fingerprint density at radius 3 is 2.94 bits per heavy atom. The molecule has 1 amide bonds. The Kier molecular flexibility index (Phi) is 2.74. The van der Waals surface area contributed by atoms with Crippen molar-refractivity contribution in [2.75, 3.05) is 13.2 Å². The van der Waals surface area contributed by atoms with Gasteiger partial charge in [-0.1, -0.05) is 18.2 Å². The first-order valence-electron chi connectivity index (χ1n) is 6.40. The highest BCUT2D eigenvalue weighted by Crippen LogP contribution is 2.34. The van der Waals surface area contributed by atoms with Crippen molar-refractivity contribution >= 4 is 5.91 Å². The van der Waals surface area contributed by atoms with Crippen molar-refractivity contribution in [1.29, 1.82) is 0 Å². The van der Waals surface area contributed by atoms with Crippen LogP contribution in [0.25, 0.3) is 0 Å². The lowest BCUT2D eigenvalue weighted by Gasteiger charge is -2.36. The number of hydrogen-bond acceptors (Lipinski definition) is 3. The van der Waals surface area contributed by atoms with Gasteiger partial charge in [-0.2, -0.15) is 0 Å². The minimum absolute atomic E-state index is 0.0553. The van der Waals surface area contributed by atoms with Crippen molar-refractivity contribution in [3.05, 3.63) is 29.8 Å². The van der Waals surface area contributed by atoms with Crippen LogP contribution in [0.1, 0.15) is 30.7 Å². The molecule has 0 saturated heterocycles. The predicted octanol–water partition coefficient (Wildman–Crippen LogP) is 1.19. The van der Waals surface area contributed by atoms with Gasteiger partial charge in [0.25, 0.3) is 0 Å². The summed E-state index contributed by atoms with van der Waals surface area (Å²) in [6.45, 7) is 0.744. The van der Waals surface area contributed by atoms with Crippen LogP contribution >= 0.6 is 0 Å². The molecule has 0 radical (unpaired) electrons. The number of ether oxygens (including phenoxy) is 1. The second kappa shape index (κ2) is 4.28. The number of nitrogens with one attached hydrogen (secondary N) is 1. The molecule has 1 saturated carbocycles. The second-order valence-electron chi connectivity index (χ2n) is 5.20. The largest absolute Gasteiger partial charge is 0.492 e. The topological polar surface area (TPSA) is 58.6 Å². The van der Waals surface area contributed by atoms with Crippen LogP contribution in [0.2, 0.25) is 0 Å². The molecule has 1 heterocycles. The van der Waals surface area contributed by atoms with E-state index in [4.69, 9.17) is 4.74 Å². The van der Waals surface area contributed by atoms with Gasteiger partial charge < -0.3 is 15.2 Å². The third-order valence-electron chi connectivity index (χ3n) is 3.89. The highest BCUT2D eigenvalue weighted by atomic mass is 16.5. The molecule has 1 aliphatic carbocycles. The number of aliphatic hydroxyl groups is 1. The molecular formula is C14H17NO3. The molecule has 0 bridgehead atoms. The number of para-hydroxylation sites is 1.